The number of rotatable bonds is 3. The summed E-state index contributed by atoms with van der Waals surface area (Å²) < 4.78 is 0. The quantitative estimate of drug-likeness (QED) is 0.893. The number of amides is 1. The second-order valence-corrected chi connectivity index (χ2v) is 5.43. The molecule has 106 valence electrons. The molecule has 0 bridgehead atoms. The second kappa shape index (κ2) is 5.63. The van der Waals surface area contributed by atoms with Gasteiger partial charge in [-0.15, -0.1) is 0 Å². The van der Waals surface area contributed by atoms with Gasteiger partial charge >= 0.3 is 0 Å². The van der Waals surface area contributed by atoms with Gasteiger partial charge in [0.2, 0.25) is 0 Å². The average molecular weight is 272 g/mol. The van der Waals surface area contributed by atoms with Gasteiger partial charge in [-0.2, -0.15) is 5.10 Å². The van der Waals surface area contributed by atoms with Crippen molar-refractivity contribution < 1.29 is 4.79 Å². The van der Waals surface area contributed by atoms with Crippen LogP contribution in [0.3, 0.4) is 0 Å². The Balaban J connectivity index is 1.75. The summed E-state index contributed by atoms with van der Waals surface area (Å²) in [6.45, 7) is 2.73. The van der Waals surface area contributed by atoms with Gasteiger partial charge in [0.15, 0.2) is 0 Å². The summed E-state index contributed by atoms with van der Waals surface area (Å²) in [5.41, 5.74) is 1.67. The van der Waals surface area contributed by atoms with Crippen LogP contribution < -0.4 is 5.32 Å². The van der Waals surface area contributed by atoms with Gasteiger partial charge in [-0.1, -0.05) is 6.07 Å². The minimum absolute atomic E-state index is 0.125. The zero-order valence-electron chi connectivity index (χ0n) is 11.7. The molecule has 5 heteroatoms. The number of aromatic nitrogens is 2. The van der Waals surface area contributed by atoms with Crippen molar-refractivity contribution in [3.63, 3.8) is 0 Å². The Morgan fingerprint density at radius 1 is 1.45 bits per heavy atom. The maximum absolute atomic E-state index is 12.6. The van der Waals surface area contributed by atoms with Crippen molar-refractivity contribution in [2.45, 2.75) is 12.8 Å². The van der Waals surface area contributed by atoms with Crippen LogP contribution in [-0.4, -0.2) is 47.7 Å². The largest absolute Gasteiger partial charge is 0.339 e. The smallest absolute Gasteiger partial charge is 0.254 e. The predicted octanol–water partition coefficient (Wildman–Crippen LogP) is 1.63. The summed E-state index contributed by atoms with van der Waals surface area (Å²) in [5, 5.41) is 11.1. The highest BCUT2D eigenvalue weighted by atomic mass is 16.2. The van der Waals surface area contributed by atoms with Gasteiger partial charge < -0.3 is 10.2 Å². The van der Waals surface area contributed by atoms with E-state index in [0.29, 0.717) is 5.92 Å². The molecule has 1 saturated heterocycles. The van der Waals surface area contributed by atoms with Crippen LogP contribution in [0.4, 0.5) is 0 Å². The molecule has 1 aliphatic heterocycles. The number of carbonyl (C=O) groups excluding carboxylic acids is 1. The summed E-state index contributed by atoms with van der Waals surface area (Å²) in [6.07, 6.45) is 3.89. The van der Waals surface area contributed by atoms with Crippen molar-refractivity contribution in [3.8, 4) is 0 Å². The molecule has 0 radical (unpaired) electrons. The van der Waals surface area contributed by atoms with E-state index in [1.165, 1.54) is 0 Å². The van der Waals surface area contributed by atoms with Crippen LogP contribution in [0.25, 0.3) is 10.9 Å². The number of fused-ring (bicyclic) bond motifs is 1. The first-order valence-electron chi connectivity index (χ1n) is 7.15. The van der Waals surface area contributed by atoms with Crippen LogP contribution in [0.1, 0.15) is 23.2 Å². The number of likely N-dealkylation sites (tertiary alicyclic amines) is 1. The highest BCUT2D eigenvalue weighted by Crippen LogP contribution is 2.22. The molecule has 2 aromatic rings. The molecule has 0 saturated carbocycles. The van der Waals surface area contributed by atoms with Gasteiger partial charge in [-0.3, -0.25) is 9.89 Å². The lowest BCUT2D eigenvalue weighted by atomic mass is 9.96. The monoisotopic (exact) mass is 272 g/mol. The summed E-state index contributed by atoms with van der Waals surface area (Å²) in [4.78, 5) is 14.6. The molecule has 20 heavy (non-hydrogen) atoms. The van der Waals surface area contributed by atoms with Crippen molar-refractivity contribution in [1.82, 2.24) is 20.4 Å². The molecule has 0 unspecified atom stereocenters. The fraction of sp³-hybridized carbons (Fsp3) is 0.467. The van der Waals surface area contributed by atoms with E-state index >= 15 is 0 Å². The molecule has 1 aromatic carbocycles. The lowest BCUT2D eigenvalue weighted by Gasteiger charge is -2.32. The summed E-state index contributed by atoms with van der Waals surface area (Å²) in [5.74, 6) is 0.814. The van der Waals surface area contributed by atoms with E-state index in [-0.39, 0.29) is 5.91 Å². The third-order valence-corrected chi connectivity index (χ3v) is 4.11. The SMILES string of the molecule is CNCC1CCN(C(=O)c2cccc3[nH]ncc23)CC1. The van der Waals surface area contributed by atoms with Gasteiger partial charge in [0.1, 0.15) is 0 Å². The van der Waals surface area contributed by atoms with Crippen LogP contribution in [-0.2, 0) is 0 Å². The minimum Gasteiger partial charge on any atom is -0.339 e. The Labute approximate surface area is 118 Å². The zero-order chi connectivity index (χ0) is 13.9. The molecule has 1 aromatic heterocycles. The van der Waals surface area contributed by atoms with Crippen molar-refractivity contribution >= 4 is 16.8 Å². The van der Waals surface area contributed by atoms with Crippen molar-refractivity contribution in [3.05, 3.63) is 30.0 Å². The number of H-pyrrole nitrogens is 1. The number of nitrogens with zero attached hydrogens (tertiary/aromatic N) is 2. The molecule has 0 aliphatic carbocycles. The summed E-state index contributed by atoms with van der Waals surface area (Å²) in [6, 6.07) is 5.74. The summed E-state index contributed by atoms with van der Waals surface area (Å²) >= 11 is 0. The molecule has 0 atom stereocenters. The molecule has 1 aliphatic rings. The molecule has 3 rings (SSSR count). The van der Waals surface area contributed by atoms with Crippen LogP contribution in [0.2, 0.25) is 0 Å². The normalized spacial score (nSPS) is 16.8. The lowest BCUT2D eigenvalue weighted by Crippen LogP contribution is -2.40. The number of hydrogen-bond acceptors (Lipinski definition) is 3. The Bertz CT molecular complexity index is 599. The zero-order valence-corrected chi connectivity index (χ0v) is 11.7. The standard InChI is InChI=1S/C15H20N4O/c1-16-9-11-5-7-19(8-6-11)15(20)12-3-2-4-14-13(12)10-17-18-14/h2-4,10-11,16H,5-9H2,1H3,(H,17,18). The third kappa shape index (κ3) is 2.41. The summed E-state index contributed by atoms with van der Waals surface area (Å²) in [7, 11) is 1.98. The molecular weight excluding hydrogens is 252 g/mol. The van der Waals surface area contributed by atoms with E-state index in [9.17, 15) is 4.79 Å². The minimum atomic E-state index is 0.125. The van der Waals surface area contributed by atoms with E-state index in [0.717, 1.165) is 48.9 Å². The highest BCUT2D eigenvalue weighted by molar-refractivity contribution is 6.06. The Morgan fingerprint density at radius 2 is 2.25 bits per heavy atom. The number of carbonyl (C=O) groups is 1. The van der Waals surface area contributed by atoms with Crippen LogP contribution >= 0.6 is 0 Å². The average Bonchev–Trinajstić information content (AvgIpc) is 2.96. The first-order chi connectivity index (χ1) is 9.79. The topological polar surface area (TPSA) is 61.0 Å². The van der Waals surface area contributed by atoms with E-state index in [2.05, 4.69) is 15.5 Å². The van der Waals surface area contributed by atoms with Gasteiger partial charge in [0, 0.05) is 18.5 Å². The predicted molar refractivity (Wildman–Crippen MR) is 78.6 cm³/mol. The molecule has 2 heterocycles. The van der Waals surface area contributed by atoms with Crippen LogP contribution in [0.5, 0.6) is 0 Å². The number of aromatic amines is 1. The number of hydrogen-bond donors (Lipinski definition) is 2. The van der Waals surface area contributed by atoms with E-state index < -0.39 is 0 Å². The van der Waals surface area contributed by atoms with Crippen molar-refractivity contribution in [1.29, 1.82) is 0 Å². The van der Waals surface area contributed by atoms with Crippen LogP contribution in [0, 0.1) is 5.92 Å². The van der Waals surface area contributed by atoms with Crippen molar-refractivity contribution in [2.75, 3.05) is 26.7 Å². The first-order valence-corrected chi connectivity index (χ1v) is 7.15. The Kier molecular flexibility index (Phi) is 3.69. The molecule has 1 fully saturated rings. The molecule has 1 amide bonds. The van der Waals surface area contributed by atoms with Gasteiger partial charge in [-0.05, 0) is 44.5 Å². The highest BCUT2D eigenvalue weighted by Gasteiger charge is 2.24. The maximum Gasteiger partial charge on any atom is 0.254 e. The van der Waals surface area contributed by atoms with Crippen LogP contribution in [0.15, 0.2) is 24.4 Å². The van der Waals surface area contributed by atoms with E-state index in [1.807, 2.05) is 30.1 Å². The van der Waals surface area contributed by atoms with Crippen molar-refractivity contribution in [2.24, 2.45) is 5.92 Å². The van der Waals surface area contributed by atoms with E-state index in [4.69, 9.17) is 0 Å². The molecule has 2 N–H and O–H groups in total. The maximum atomic E-state index is 12.6. The molecule has 0 spiro atoms. The number of piperidine rings is 1. The Morgan fingerprint density at radius 3 is 3.00 bits per heavy atom. The lowest BCUT2D eigenvalue weighted by molar-refractivity contribution is 0.0693. The van der Waals surface area contributed by atoms with Gasteiger partial charge in [0.05, 0.1) is 17.3 Å². The molecular formula is C15H20N4O. The molecule has 5 nitrogen and oxygen atoms in total. The van der Waals surface area contributed by atoms with Gasteiger partial charge in [0.25, 0.3) is 5.91 Å². The first kappa shape index (κ1) is 13.1. The fourth-order valence-corrected chi connectivity index (χ4v) is 2.95. The number of benzene rings is 1. The fourth-order valence-electron chi connectivity index (χ4n) is 2.95. The van der Waals surface area contributed by atoms with Gasteiger partial charge in [-0.25, -0.2) is 0 Å². The number of nitrogens with one attached hydrogen (secondary N) is 2. The second-order valence-electron chi connectivity index (χ2n) is 5.43. The van der Waals surface area contributed by atoms with E-state index in [1.54, 1.807) is 6.20 Å². The third-order valence-electron chi connectivity index (χ3n) is 4.11. The Hall–Kier alpha value is -1.88.